The van der Waals surface area contributed by atoms with Crippen molar-refractivity contribution in [2.24, 2.45) is 0 Å². The summed E-state index contributed by atoms with van der Waals surface area (Å²) in [6.45, 7) is 6.50. The summed E-state index contributed by atoms with van der Waals surface area (Å²) in [5, 5.41) is 3.39. The number of halogens is 2. The molecule has 24 heavy (non-hydrogen) atoms. The van der Waals surface area contributed by atoms with Crippen LogP contribution in [0.1, 0.15) is 17.9 Å². The topological polar surface area (TPSA) is 44.8 Å². The van der Waals surface area contributed by atoms with Gasteiger partial charge in [0, 0.05) is 55.3 Å². The second-order valence-corrected chi connectivity index (χ2v) is 7.47. The van der Waals surface area contributed by atoms with E-state index < -0.39 is 0 Å². The Balaban J connectivity index is 0.00000169. The Morgan fingerprint density at radius 3 is 2.83 bits per heavy atom. The quantitative estimate of drug-likeness (QED) is 0.799. The van der Waals surface area contributed by atoms with E-state index in [1.165, 1.54) is 0 Å². The molecule has 1 aromatic rings. The summed E-state index contributed by atoms with van der Waals surface area (Å²) in [6, 6.07) is 6.45. The maximum Gasteiger partial charge on any atom is 0.233 e. The molecule has 0 radical (unpaired) electrons. The number of nitrogens with zero attached hydrogens (tertiary/aromatic N) is 2. The Kier molecular flexibility index (Phi) is 5.70. The normalized spacial score (nSPS) is 26.6. The largest absolute Gasteiger partial charge is 0.492 e. The van der Waals surface area contributed by atoms with Gasteiger partial charge in [0.2, 0.25) is 5.91 Å². The third-order valence-corrected chi connectivity index (χ3v) is 5.69. The van der Waals surface area contributed by atoms with Crippen molar-refractivity contribution in [1.29, 1.82) is 0 Å². The number of likely N-dealkylation sites (tertiary alicyclic amines) is 1. The molecule has 0 saturated carbocycles. The van der Waals surface area contributed by atoms with Gasteiger partial charge < -0.3 is 15.0 Å². The number of rotatable bonds is 2. The van der Waals surface area contributed by atoms with E-state index in [4.69, 9.17) is 4.74 Å². The molecular formula is C17H23BrClN3O2. The molecule has 1 N–H and O–H groups in total. The van der Waals surface area contributed by atoms with Gasteiger partial charge in [0.15, 0.2) is 0 Å². The summed E-state index contributed by atoms with van der Waals surface area (Å²) in [6.07, 6.45) is 1.09. The molecule has 7 heteroatoms. The molecule has 1 amide bonds. The van der Waals surface area contributed by atoms with Crippen LogP contribution in [0.2, 0.25) is 0 Å². The third kappa shape index (κ3) is 3.43. The lowest BCUT2D eigenvalue weighted by molar-refractivity contribution is -0.132. The van der Waals surface area contributed by atoms with E-state index in [0.29, 0.717) is 12.6 Å². The number of benzene rings is 1. The fraction of sp³-hybridized carbons (Fsp3) is 0.588. The van der Waals surface area contributed by atoms with Gasteiger partial charge in [-0.2, -0.15) is 0 Å². The first-order valence-corrected chi connectivity index (χ1v) is 9.17. The van der Waals surface area contributed by atoms with Crippen molar-refractivity contribution >= 4 is 34.2 Å². The number of carbonyl (C=O) groups is 1. The highest BCUT2D eigenvalue weighted by atomic mass is 79.9. The van der Waals surface area contributed by atoms with Gasteiger partial charge in [0.1, 0.15) is 18.3 Å². The molecule has 132 valence electrons. The number of carbonyl (C=O) groups excluding carboxylic acids is 1. The molecule has 1 aromatic carbocycles. The first kappa shape index (κ1) is 18.0. The highest BCUT2D eigenvalue weighted by Gasteiger charge is 2.37. The second-order valence-electron chi connectivity index (χ2n) is 6.56. The van der Waals surface area contributed by atoms with E-state index in [-0.39, 0.29) is 24.2 Å². The van der Waals surface area contributed by atoms with Gasteiger partial charge in [-0.3, -0.25) is 9.69 Å². The van der Waals surface area contributed by atoms with E-state index in [1.807, 2.05) is 23.1 Å². The predicted octanol–water partition coefficient (Wildman–Crippen LogP) is 1.85. The number of amides is 1. The number of fused-ring (bicyclic) bond motifs is 1. The lowest BCUT2D eigenvalue weighted by atomic mass is 10.00. The van der Waals surface area contributed by atoms with Crippen LogP contribution in [0, 0.1) is 0 Å². The highest BCUT2D eigenvalue weighted by molar-refractivity contribution is 9.10. The van der Waals surface area contributed by atoms with Crippen molar-refractivity contribution < 1.29 is 9.53 Å². The van der Waals surface area contributed by atoms with Crippen LogP contribution < -0.4 is 10.1 Å². The molecule has 4 rings (SSSR count). The van der Waals surface area contributed by atoms with Gasteiger partial charge in [-0.25, -0.2) is 0 Å². The van der Waals surface area contributed by atoms with Gasteiger partial charge in [0.05, 0.1) is 0 Å². The zero-order valence-electron chi connectivity index (χ0n) is 13.5. The van der Waals surface area contributed by atoms with Crippen molar-refractivity contribution in [3.8, 4) is 5.75 Å². The number of ether oxygens (including phenoxy) is 1. The number of hydrogen-bond acceptors (Lipinski definition) is 4. The van der Waals surface area contributed by atoms with Crippen LogP contribution in [0.4, 0.5) is 0 Å². The van der Waals surface area contributed by atoms with Gasteiger partial charge in [0.25, 0.3) is 0 Å². The smallest absolute Gasteiger partial charge is 0.233 e. The van der Waals surface area contributed by atoms with Crippen molar-refractivity contribution in [3.05, 3.63) is 28.2 Å². The van der Waals surface area contributed by atoms with Crippen LogP contribution in [0.3, 0.4) is 0 Å². The van der Waals surface area contributed by atoms with Crippen LogP contribution in [-0.2, 0) is 4.79 Å². The minimum Gasteiger partial charge on any atom is -0.492 e. The summed E-state index contributed by atoms with van der Waals surface area (Å²) in [4.78, 5) is 17.5. The Morgan fingerprint density at radius 1 is 1.25 bits per heavy atom. The summed E-state index contributed by atoms with van der Waals surface area (Å²) in [5.74, 6) is 0.924. The van der Waals surface area contributed by atoms with Crippen LogP contribution in [-0.4, -0.2) is 67.6 Å². The lowest BCUT2D eigenvalue weighted by Crippen LogP contribution is -2.49. The van der Waals surface area contributed by atoms with Crippen molar-refractivity contribution in [3.63, 3.8) is 0 Å². The fourth-order valence-electron chi connectivity index (χ4n) is 3.90. The third-order valence-electron chi connectivity index (χ3n) is 5.19. The Hall–Kier alpha value is -0.820. The molecule has 0 bridgehead atoms. The van der Waals surface area contributed by atoms with E-state index in [2.05, 4.69) is 26.1 Å². The maximum atomic E-state index is 12.9. The van der Waals surface area contributed by atoms with Crippen LogP contribution >= 0.6 is 28.3 Å². The van der Waals surface area contributed by atoms with Gasteiger partial charge in [-0.05, 0) is 24.6 Å². The molecule has 2 fully saturated rings. The molecular weight excluding hydrogens is 394 g/mol. The standard InChI is InChI=1S/C17H22BrN3O2.ClH/c18-12-1-2-16-14(9-12)15(11-23-16)17(22)21-6-3-13(10-21)20-7-4-19-5-8-20;/h1-2,9,13,15,19H,3-8,10-11H2;1H. The molecule has 0 spiro atoms. The molecule has 3 heterocycles. The van der Waals surface area contributed by atoms with Gasteiger partial charge in [-0.1, -0.05) is 15.9 Å². The van der Waals surface area contributed by atoms with Crippen LogP contribution in [0.25, 0.3) is 0 Å². The van der Waals surface area contributed by atoms with E-state index in [9.17, 15) is 4.79 Å². The Labute approximate surface area is 157 Å². The SMILES string of the molecule is Cl.O=C(C1COc2ccc(Br)cc21)N1CCC(N2CCNCC2)C1. The minimum absolute atomic E-state index is 0. The predicted molar refractivity (Wildman–Crippen MR) is 99.1 cm³/mol. The monoisotopic (exact) mass is 415 g/mol. The highest BCUT2D eigenvalue weighted by Crippen LogP contribution is 2.37. The molecule has 3 aliphatic rings. The maximum absolute atomic E-state index is 12.9. The summed E-state index contributed by atoms with van der Waals surface area (Å²) >= 11 is 3.49. The zero-order valence-corrected chi connectivity index (χ0v) is 15.9. The van der Waals surface area contributed by atoms with Gasteiger partial charge in [-0.15, -0.1) is 12.4 Å². The summed E-state index contributed by atoms with van der Waals surface area (Å²) in [7, 11) is 0. The summed E-state index contributed by atoms with van der Waals surface area (Å²) < 4.78 is 6.70. The Morgan fingerprint density at radius 2 is 2.04 bits per heavy atom. The molecule has 2 atom stereocenters. The molecule has 2 saturated heterocycles. The van der Waals surface area contributed by atoms with E-state index in [1.54, 1.807) is 0 Å². The number of piperazine rings is 1. The minimum atomic E-state index is -0.149. The molecule has 3 aliphatic heterocycles. The van der Waals surface area contributed by atoms with Crippen LogP contribution in [0.5, 0.6) is 5.75 Å². The first-order chi connectivity index (χ1) is 11.2. The van der Waals surface area contributed by atoms with Crippen LogP contribution in [0.15, 0.2) is 22.7 Å². The van der Waals surface area contributed by atoms with Crippen molar-refractivity contribution in [2.75, 3.05) is 45.9 Å². The number of nitrogens with one attached hydrogen (secondary N) is 1. The average molecular weight is 417 g/mol. The van der Waals surface area contributed by atoms with Gasteiger partial charge >= 0.3 is 0 Å². The van der Waals surface area contributed by atoms with Crippen molar-refractivity contribution in [2.45, 2.75) is 18.4 Å². The number of hydrogen-bond donors (Lipinski definition) is 1. The lowest BCUT2D eigenvalue weighted by Gasteiger charge is -2.32. The van der Waals surface area contributed by atoms with Crippen molar-refractivity contribution in [1.82, 2.24) is 15.1 Å². The molecule has 5 nitrogen and oxygen atoms in total. The Bertz CT molecular complexity index is 609. The van der Waals surface area contributed by atoms with E-state index >= 15 is 0 Å². The van der Waals surface area contributed by atoms with E-state index in [0.717, 1.165) is 61.5 Å². The molecule has 0 aliphatic carbocycles. The molecule has 2 unspecified atom stereocenters. The average Bonchev–Trinajstić information content (AvgIpc) is 3.22. The molecule has 0 aromatic heterocycles. The second kappa shape index (κ2) is 7.60. The zero-order chi connectivity index (χ0) is 15.8. The first-order valence-electron chi connectivity index (χ1n) is 8.38. The fourth-order valence-corrected chi connectivity index (χ4v) is 4.28. The summed E-state index contributed by atoms with van der Waals surface area (Å²) in [5.41, 5.74) is 1.02.